The highest BCUT2D eigenvalue weighted by Gasteiger charge is 2.32. The summed E-state index contributed by atoms with van der Waals surface area (Å²) in [4.78, 5) is 13.8. The Morgan fingerprint density at radius 3 is 2.95 bits per heavy atom. The third-order valence-corrected chi connectivity index (χ3v) is 4.33. The van der Waals surface area contributed by atoms with Gasteiger partial charge in [-0.1, -0.05) is 0 Å². The van der Waals surface area contributed by atoms with E-state index in [0.29, 0.717) is 12.3 Å². The van der Waals surface area contributed by atoms with Crippen LogP contribution in [0.25, 0.3) is 0 Å². The molecule has 1 aromatic carbocycles. The van der Waals surface area contributed by atoms with Crippen LogP contribution in [0.5, 0.6) is 0 Å². The van der Waals surface area contributed by atoms with Gasteiger partial charge in [0.1, 0.15) is 22.8 Å². The molecule has 7 heteroatoms. The topological polar surface area (TPSA) is 45.5 Å². The number of urea groups is 1. The van der Waals surface area contributed by atoms with Gasteiger partial charge in [0.05, 0.1) is 12.0 Å². The van der Waals surface area contributed by atoms with Crippen LogP contribution < -0.4 is 5.32 Å². The van der Waals surface area contributed by atoms with Crippen molar-refractivity contribution in [3.63, 3.8) is 0 Å². The van der Waals surface area contributed by atoms with Crippen LogP contribution in [0.1, 0.15) is 11.1 Å². The first-order chi connectivity index (χ1) is 10.1. The zero-order valence-corrected chi connectivity index (χ0v) is 11.7. The van der Waals surface area contributed by atoms with Gasteiger partial charge in [-0.3, -0.25) is 0 Å². The Kier molecular flexibility index (Phi) is 3.83. The van der Waals surface area contributed by atoms with Crippen molar-refractivity contribution in [3.05, 3.63) is 54.0 Å². The molecule has 1 aliphatic heterocycles. The van der Waals surface area contributed by atoms with Crippen LogP contribution in [0.4, 0.5) is 19.3 Å². The molecular formula is C14H12F2N2O2S. The highest BCUT2D eigenvalue weighted by molar-refractivity contribution is 7.99. The third kappa shape index (κ3) is 2.87. The standard InChI is InChI=1S/C14H12F2N2O2S/c15-9-3-4-11(10(16)8-9)17-14(19)18-5-7-21-13(18)12-2-1-6-20-12/h1-4,6,8,13H,5,7H2,(H,17,19). The Bertz CT molecular complexity index is 648. The number of furan rings is 1. The Hall–Kier alpha value is -2.02. The summed E-state index contributed by atoms with van der Waals surface area (Å²) in [5.41, 5.74) is -0.0449. The fraction of sp³-hybridized carbons (Fsp3) is 0.214. The van der Waals surface area contributed by atoms with Gasteiger partial charge in [0.25, 0.3) is 0 Å². The van der Waals surface area contributed by atoms with E-state index in [-0.39, 0.29) is 11.1 Å². The smallest absolute Gasteiger partial charge is 0.323 e. The summed E-state index contributed by atoms with van der Waals surface area (Å²) in [6, 6.07) is 6.14. The predicted molar refractivity (Wildman–Crippen MR) is 76.0 cm³/mol. The summed E-state index contributed by atoms with van der Waals surface area (Å²) in [6.45, 7) is 0.532. The molecule has 2 heterocycles. The highest BCUT2D eigenvalue weighted by Crippen LogP contribution is 2.38. The summed E-state index contributed by atoms with van der Waals surface area (Å²) in [6.07, 6.45) is 1.55. The van der Waals surface area contributed by atoms with Crippen molar-refractivity contribution in [1.82, 2.24) is 4.90 Å². The van der Waals surface area contributed by atoms with Crippen LogP contribution in [-0.2, 0) is 0 Å². The number of thioether (sulfide) groups is 1. The minimum Gasteiger partial charge on any atom is -0.466 e. The summed E-state index contributed by atoms with van der Waals surface area (Å²) >= 11 is 1.57. The molecule has 2 aromatic rings. The number of benzene rings is 1. The van der Waals surface area contributed by atoms with E-state index in [0.717, 1.165) is 17.9 Å². The second-order valence-corrected chi connectivity index (χ2v) is 5.67. The average molecular weight is 310 g/mol. The lowest BCUT2D eigenvalue weighted by Gasteiger charge is -2.22. The maximum Gasteiger partial charge on any atom is 0.323 e. The molecule has 1 aliphatic rings. The number of nitrogens with zero attached hydrogens (tertiary/aromatic N) is 1. The van der Waals surface area contributed by atoms with Gasteiger partial charge in [-0.25, -0.2) is 13.6 Å². The number of carbonyl (C=O) groups excluding carboxylic acids is 1. The molecule has 0 radical (unpaired) electrons. The molecule has 4 nitrogen and oxygen atoms in total. The number of carbonyl (C=O) groups is 1. The maximum absolute atomic E-state index is 13.6. The largest absolute Gasteiger partial charge is 0.466 e. The molecule has 1 saturated heterocycles. The molecule has 1 N–H and O–H groups in total. The number of nitrogens with one attached hydrogen (secondary N) is 1. The van der Waals surface area contributed by atoms with E-state index in [1.165, 1.54) is 6.07 Å². The van der Waals surface area contributed by atoms with Crippen molar-refractivity contribution < 1.29 is 18.0 Å². The van der Waals surface area contributed by atoms with Crippen LogP contribution in [-0.4, -0.2) is 23.2 Å². The minimum absolute atomic E-state index is 0.0449. The van der Waals surface area contributed by atoms with Gasteiger partial charge in [-0.15, -0.1) is 11.8 Å². The monoisotopic (exact) mass is 310 g/mol. The third-order valence-electron chi connectivity index (χ3n) is 3.11. The molecule has 110 valence electrons. The molecule has 1 aromatic heterocycles. The molecular weight excluding hydrogens is 298 g/mol. The van der Waals surface area contributed by atoms with Gasteiger partial charge in [-0.2, -0.15) is 0 Å². The lowest BCUT2D eigenvalue weighted by molar-refractivity contribution is 0.209. The van der Waals surface area contributed by atoms with Crippen LogP contribution in [0.3, 0.4) is 0 Å². The Morgan fingerprint density at radius 1 is 1.38 bits per heavy atom. The van der Waals surface area contributed by atoms with E-state index in [1.807, 2.05) is 0 Å². The van der Waals surface area contributed by atoms with Gasteiger partial charge in [0.2, 0.25) is 0 Å². The second kappa shape index (κ2) is 5.77. The highest BCUT2D eigenvalue weighted by atomic mass is 32.2. The van der Waals surface area contributed by atoms with Crippen molar-refractivity contribution in [2.24, 2.45) is 0 Å². The van der Waals surface area contributed by atoms with Crippen molar-refractivity contribution in [1.29, 1.82) is 0 Å². The fourth-order valence-corrected chi connectivity index (χ4v) is 3.33. The van der Waals surface area contributed by atoms with E-state index in [1.54, 1.807) is 35.1 Å². The SMILES string of the molecule is O=C(Nc1ccc(F)cc1F)N1CCSC1c1ccco1. The van der Waals surface area contributed by atoms with Crippen molar-refractivity contribution >= 4 is 23.5 Å². The summed E-state index contributed by atoms with van der Waals surface area (Å²) in [5.74, 6) is -0.0438. The summed E-state index contributed by atoms with van der Waals surface area (Å²) in [7, 11) is 0. The van der Waals surface area contributed by atoms with E-state index >= 15 is 0 Å². The maximum atomic E-state index is 13.6. The Labute approximate surface area is 124 Å². The molecule has 0 saturated carbocycles. The van der Waals surface area contributed by atoms with E-state index in [4.69, 9.17) is 4.42 Å². The average Bonchev–Trinajstić information content (AvgIpc) is 3.10. The minimum atomic E-state index is -0.801. The first-order valence-corrected chi connectivity index (χ1v) is 7.38. The number of rotatable bonds is 2. The number of hydrogen-bond donors (Lipinski definition) is 1. The van der Waals surface area contributed by atoms with Crippen LogP contribution in [0.15, 0.2) is 41.0 Å². The van der Waals surface area contributed by atoms with Crippen LogP contribution >= 0.6 is 11.8 Å². The van der Waals surface area contributed by atoms with Crippen molar-refractivity contribution in [3.8, 4) is 0 Å². The van der Waals surface area contributed by atoms with Gasteiger partial charge < -0.3 is 14.6 Å². The summed E-state index contributed by atoms with van der Waals surface area (Å²) < 4.78 is 31.7. The molecule has 2 amide bonds. The first-order valence-electron chi connectivity index (χ1n) is 6.33. The van der Waals surface area contributed by atoms with Crippen LogP contribution in [0, 0.1) is 11.6 Å². The molecule has 0 bridgehead atoms. The fourth-order valence-electron chi connectivity index (χ4n) is 2.12. The molecule has 1 fully saturated rings. The number of amides is 2. The van der Waals surface area contributed by atoms with Gasteiger partial charge in [0, 0.05) is 18.4 Å². The van der Waals surface area contributed by atoms with Gasteiger partial charge >= 0.3 is 6.03 Å². The molecule has 21 heavy (non-hydrogen) atoms. The predicted octanol–water partition coefficient (Wildman–Crippen LogP) is 3.84. The van der Waals surface area contributed by atoms with Crippen molar-refractivity contribution in [2.75, 3.05) is 17.6 Å². The lowest BCUT2D eigenvalue weighted by Crippen LogP contribution is -2.34. The number of hydrogen-bond acceptors (Lipinski definition) is 3. The molecule has 1 atom stereocenters. The van der Waals surface area contributed by atoms with E-state index < -0.39 is 17.7 Å². The normalized spacial score (nSPS) is 18.0. The summed E-state index contributed by atoms with van der Waals surface area (Å²) in [5, 5.41) is 2.23. The zero-order chi connectivity index (χ0) is 14.8. The van der Waals surface area contributed by atoms with E-state index in [2.05, 4.69) is 5.32 Å². The quantitative estimate of drug-likeness (QED) is 0.916. The number of anilines is 1. The zero-order valence-electron chi connectivity index (χ0n) is 10.9. The van der Waals surface area contributed by atoms with Crippen LogP contribution in [0.2, 0.25) is 0 Å². The van der Waals surface area contributed by atoms with E-state index in [9.17, 15) is 13.6 Å². The first kappa shape index (κ1) is 13.9. The molecule has 0 spiro atoms. The lowest BCUT2D eigenvalue weighted by atomic mass is 10.3. The Morgan fingerprint density at radius 2 is 2.24 bits per heavy atom. The number of halogens is 2. The second-order valence-electron chi connectivity index (χ2n) is 4.49. The molecule has 3 rings (SSSR count). The van der Waals surface area contributed by atoms with Gasteiger partial charge in [0.15, 0.2) is 0 Å². The van der Waals surface area contributed by atoms with Crippen molar-refractivity contribution in [2.45, 2.75) is 5.37 Å². The Balaban J connectivity index is 1.75. The van der Waals surface area contributed by atoms with Gasteiger partial charge in [-0.05, 0) is 24.3 Å². The molecule has 1 unspecified atom stereocenters. The molecule has 0 aliphatic carbocycles.